The average Bonchev–Trinajstić information content (AvgIpc) is 3.39. The first-order chi connectivity index (χ1) is 37.5. The molecular formula is C67H112NO8P. The molecule has 0 aromatic heterocycles. The topological polar surface area (TPSA) is 111 Å². The number of carbonyl (C=O) groups is 2. The average molecular weight is 1090 g/mol. The van der Waals surface area contributed by atoms with Crippen molar-refractivity contribution in [2.24, 2.45) is 0 Å². The number of carbonyl (C=O) groups excluding carboxylic acids is 2. The molecule has 2 unspecified atom stereocenters. The third-order valence-electron chi connectivity index (χ3n) is 12.4. The first-order valence-electron chi connectivity index (χ1n) is 30.4. The summed E-state index contributed by atoms with van der Waals surface area (Å²) in [6, 6.07) is 0. The second kappa shape index (κ2) is 56.9. The molecule has 0 spiro atoms. The smallest absolute Gasteiger partial charge is 0.306 e. The minimum absolute atomic E-state index is 0.0399. The Morgan fingerprint density at radius 3 is 1.12 bits per heavy atom. The predicted octanol–water partition coefficient (Wildman–Crippen LogP) is 18.7. The molecule has 0 bridgehead atoms. The summed E-state index contributed by atoms with van der Waals surface area (Å²) in [7, 11) is 1.14. The summed E-state index contributed by atoms with van der Waals surface area (Å²) in [5.41, 5.74) is 0. The number of phosphoric ester groups is 1. The predicted molar refractivity (Wildman–Crippen MR) is 327 cm³/mol. The maximum absolute atomic E-state index is 12.8. The van der Waals surface area contributed by atoms with E-state index < -0.39 is 32.5 Å². The van der Waals surface area contributed by atoms with Gasteiger partial charge in [-0.2, -0.15) is 0 Å². The van der Waals surface area contributed by atoms with Gasteiger partial charge in [0, 0.05) is 12.8 Å². The van der Waals surface area contributed by atoms with E-state index in [4.69, 9.17) is 18.5 Å². The molecule has 0 aliphatic carbocycles. The van der Waals surface area contributed by atoms with Gasteiger partial charge in [-0.1, -0.05) is 231 Å². The highest BCUT2D eigenvalue weighted by molar-refractivity contribution is 7.45. The van der Waals surface area contributed by atoms with E-state index >= 15 is 0 Å². The van der Waals surface area contributed by atoms with Crippen LogP contribution < -0.4 is 4.89 Å². The minimum atomic E-state index is -4.65. The molecule has 0 heterocycles. The molecule has 0 saturated carbocycles. The molecule has 2 atom stereocenters. The quantitative estimate of drug-likeness (QED) is 0.0195. The van der Waals surface area contributed by atoms with Crippen LogP contribution in [0.4, 0.5) is 0 Å². The molecule has 0 fully saturated rings. The van der Waals surface area contributed by atoms with Gasteiger partial charge in [-0.3, -0.25) is 14.2 Å². The van der Waals surface area contributed by atoms with E-state index in [2.05, 4.69) is 148 Å². The Hall–Kier alpha value is -3.85. The lowest BCUT2D eigenvalue weighted by Gasteiger charge is -2.28. The van der Waals surface area contributed by atoms with Crippen molar-refractivity contribution in [3.05, 3.63) is 134 Å². The van der Waals surface area contributed by atoms with Crippen molar-refractivity contribution in [3.63, 3.8) is 0 Å². The van der Waals surface area contributed by atoms with Crippen LogP contribution in [0.5, 0.6) is 0 Å². The zero-order chi connectivity index (χ0) is 56.3. The van der Waals surface area contributed by atoms with Crippen molar-refractivity contribution in [1.82, 2.24) is 0 Å². The Morgan fingerprint density at radius 2 is 0.740 bits per heavy atom. The molecule has 9 nitrogen and oxygen atoms in total. The summed E-state index contributed by atoms with van der Waals surface area (Å²) < 4.78 is 34.1. The van der Waals surface area contributed by atoms with Gasteiger partial charge in [0.05, 0.1) is 27.7 Å². The van der Waals surface area contributed by atoms with Crippen LogP contribution in [0.25, 0.3) is 0 Å². The monoisotopic (exact) mass is 1090 g/mol. The number of allylic oxidation sites excluding steroid dienone is 22. The van der Waals surface area contributed by atoms with Crippen molar-refractivity contribution < 1.29 is 42.1 Å². The van der Waals surface area contributed by atoms with Gasteiger partial charge >= 0.3 is 11.9 Å². The number of phosphoric acid groups is 1. The van der Waals surface area contributed by atoms with Gasteiger partial charge in [-0.25, -0.2) is 0 Å². The second-order valence-corrected chi connectivity index (χ2v) is 22.4. The molecule has 0 rings (SSSR count). The molecule has 0 radical (unpaired) electrons. The molecule has 10 heteroatoms. The van der Waals surface area contributed by atoms with Gasteiger partial charge in [-0.05, 0) is 116 Å². The lowest BCUT2D eigenvalue weighted by atomic mass is 10.1. The Labute approximate surface area is 472 Å². The lowest BCUT2D eigenvalue weighted by Crippen LogP contribution is -2.37. The number of esters is 2. The van der Waals surface area contributed by atoms with Crippen LogP contribution in [0.15, 0.2) is 134 Å². The van der Waals surface area contributed by atoms with Crippen LogP contribution in [0.3, 0.4) is 0 Å². The molecule has 0 saturated heterocycles. The number of ether oxygens (including phenoxy) is 2. The van der Waals surface area contributed by atoms with Crippen LogP contribution in [0.2, 0.25) is 0 Å². The SMILES string of the molecule is CC/C=C\C/C=C\C/C=C\C/C=C\C/C=C\C/C=C\C/C=C\C/C=C\C/C=C\C/C=C\CCCCCCCCCCC(=O)OC(COC(=O)CCCCCCC/C=C\CCCCCCC)COP(=O)([O-])OCC[N+](C)(C)C. The fraction of sp³-hybridized carbons (Fsp3) is 0.642. The van der Waals surface area contributed by atoms with E-state index in [9.17, 15) is 19.0 Å². The summed E-state index contributed by atoms with van der Waals surface area (Å²) in [4.78, 5) is 37.8. The summed E-state index contributed by atoms with van der Waals surface area (Å²) in [6.07, 6.45) is 82.2. The maximum Gasteiger partial charge on any atom is 0.306 e. The Balaban J connectivity index is 4.13. The molecule has 0 aliphatic rings. The number of hydrogen-bond acceptors (Lipinski definition) is 8. The number of nitrogens with zero attached hydrogens (tertiary/aromatic N) is 1. The molecule has 0 N–H and O–H groups in total. The number of unbranched alkanes of at least 4 members (excludes halogenated alkanes) is 18. The van der Waals surface area contributed by atoms with Crippen LogP contribution in [-0.2, 0) is 32.7 Å². The standard InChI is InChI=1S/C67H112NO8P/c1-6-8-10-12-14-16-18-20-22-23-24-25-26-27-28-29-30-31-32-33-34-35-36-37-38-39-40-41-42-43-44-45-46-48-50-52-54-56-58-60-67(70)76-65(64-75-77(71,72)74-62-61-68(3,4)5)63-73-66(69)59-57-55-53-51-49-47-21-19-17-15-13-11-9-7-2/h8,10,14,16,19-22,24-25,27-28,30-31,33-34,36-37,39-40,42-43,65H,6-7,9,11-13,15,17-18,23,26,29,32,35,38,41,44-64H2,1-5H3/b10-8-,16-14-,21-19-,22-20-,25-24-,28-27-,31-30-,34-33-,37-36-,40-39-,43-42-. The molecule has 0 aromatic carbocycles. The highest BCUT2D eigenvalue weighted by Crippen LogP contribution is 2.38. The van der Waals surface area contributed by atoms with E-state index in [1.54, 1.807) is 0 Å². The summed E-state index contributed by atoms with van der Waals surface area (Å²) in [5.74, 6) is -0.860. The summed E-state index contributed by atoms with van der Waals surface area (Å²) in [5, 5.41) is 0. The first-order valence-corrected chi connectivity index (χ1v) is 31.9. The Bertz CT molecular complexity index is 1760. The van der Waals surface area contributed by atoms with Crippen LogP contribution in [-0.4, -0.2) is 70.0 Å². The molecular weight excluding hydrogens is 978 g/mol. The zero-order valence-corrected chi connectivity index (χ0v) is 50.5. The van der Waals surface area contributed by atoms with Crippen LogP contribution in [0.1, 0.15) is 226 Å². The molecule has 0 aliphatic heterocycles. The highest BCUT2D eigenvalue weighted by Gasteiger charge is 2.21. The third-order valence-corrected chi connectivity index (χ3v) is 13.4. The maximum atomic E-state index is 12.8. The van der Waals surface area contributed by atoms with Gasteiger partial charge in [0.15, 0.2) is 6.10 Å². The largest absolute Gasteiger partial charge is 0.756 e. The fourth-order valence-electron chi connectivity index (χ4n) is 7.74. The summed E-state index contributed by atoms with van der Waals surface area (Å²) in [6.45, 7) is 4.08. The Morgan fingerprint density at radius 1 is 0.416 bits per heavy atom. The Kier molecular flexibility index (Phi) is 54.0. The number of hydrogen-bond donors (Lipinski definition) is 0. The van der Waals surface area contributed by atoms with Crippen molar-refractivity contribution in [1.29, 1.82) is 0 Å². The highest BCUT2D eigenvalue weighted by atomic mass is 31.2. The van der Waals surface area contributed by atoms with E-state index in [-0.39, 0.29) is 26.1 Å². The number of likely N-dealkylation sites (N-methyl/N-ethyl adjacent to an activating group) is 1. The summed E-state index contributed by atoms with van der Waals surface area (Å²) >= 11 is 0. The van der Waals surface area contributed by atoms with Gasteiger partial charge in [-0.15, -0.1) is 0 Å². The molecule has 0 aromatic rings. The van der Waals surface area contributed by atoms with Crippen molar-refractivity contribution in [2.45, 2.75) is 232 Å². The van der Waals surface area contributed by atoms with E-state index in [1.807, 2.05) is 21.1 Å². The van der Waals surface area contributed by atoms with Gasteiger partial charge < -0.3 is 27.9 Å². The van der Waals surface area contributed by atoms with E-state index in [0.29, 0.717) is 23.9 Å². The molecule has 77 heavy (non-hydrogen) atoms. The first kappa shape index (κ1) is 73.2. The number of quaternary nitrogens is 1. The molecule has 0 amide bonds. The zero-order valence-electron chi connectivity index (χ0n) is 49.6. The fourth-order valence-corrected chi connectivity index (χ4v) is 8.47. The van der Waals surface area contributed by atoms with Gasteiger partial charge in [0.25, 0.3) is 7.82 Å². The van der Waals surface area contributed by atoms with Crippen molar-refractivity contribution in [2.75, 3.05) is 47.5 Å². The van der Waals surface area contributed by atoms with E-state index in [0.717, 1.165) is 122 Å². The third kappa shape index (κ3) is 61.2. The van der Waals surface area contributed by atoms with Crippen LogP contribution >= 0.6 is 7.82 Å². The van der Waals surface area contributed by atoms with Crippen LogP contribution in [0, 0.1) is 0 Å². The second-order valence-electron chi connectivity index (χ2n) is 21.0. The molecule has 438 valence electrons. The minimum Gasteiger partial charge on any atom is -0.756 e. The van der Waals surface area contributed by atoms with Gasteiger partial charge in [0.1, 0.15) is 19.8 Å². The van der Waals surface area contributed by atoms with E-state index in [1.165, 1.54) is 64.2 Å². The van der Waals surface area contributed by atoms with Crippen molar-refractivity contribution in [3.8, 4) is 0 Å². The van der Waals surface area contributed by atoms with Crippen molar-refractivity contribution >= 4 is 19.8 Å². The normalized spacial score (nSPS) is 14.2. The lowest BCUT2D eigenvalue weighted by molar-refractivity contribution is -0.870. The van der Waals surface area contributed by atoms with Gasteiger partial charge in [0.2, 0.25) is 0 Å². The number of rotatable bonds is 54.